The largest absolute Gasteiger partial charge is 0.256 e. The lowest BCUT2D eigenvalue weighted by Crippen LogP contribution is -1.92. The van der Waals surface area contributed by atoms with Crippen LogP contribution in [-0.2, 0) is 0 Å². The van der Waals surface area contributed by atoms with E-state index in [0.717, 1.165) is 199 Å². The van der Waals surface area contributed by atoms with Crippen LogP contribution in [-0.4, -0.2) is 59.8 Å². The zero-order valence-electron chi connectivity index (χ0n) is 53.4. The molecule has 8 aromatic carbocycles. The molecule has 464 valence electrons. The van der Waals surface area contributed by atoms with Gasteiger partial charge in [-0.15, -0.1) is 0 Å². The maximum Gasteiger partial charge on any atom is 0.0972 e. The first kappa shape index (κ1) is 57.6. The van der Waals surface area contributed by atoms with Crippen LogP contribution in [0.25, 0.3) is 199 Å². The second-order valence-electron chi connectivity index (χ2n) is 24.9. The second kappa shape index (κ2) is 24.1. The number of aromatic nitrogens is 12. The van der Waals surface area contributed by atoms with Gasteiger partial charge in [-0.3, -0.25) is 24.9 Å². The van der Waals surface area contributed by atoms with Gasteiger partial charge in [-0.05, 0) is 174 Å². The Balaban J connectivity index is 0.000000140. The van der Waals surface area contributed by atoms with Crippen LogP contribution in [0.2, 0.25) is 0 Å². The number of rotatable bonds is 8. The van der Waals surface area contributed by atoms with Crippen molar-refractivity contribution in [3.8, 4) is 90.2 Å². The summed E-state index contributed by atoms with van der Waals surface area (Å²) in [6.07, 6.45) is 9.08. The van der Waals surface area contributed by atoms with Gasteiger partial charge in [0.1, 0.15) is 0 Å². The minimum absolute atomic E-state index is 0.828. The second-order valence-corrected chi connectivity index (χ2v) is 24.9. The quantitative estimate of drug-likeness (QED) is 0.133. The molecule has 0 atom stereocenters. The predicted molar refractivity (Wildman–Crippen MR) is 405 cm³/mol. The van der Waals surface area contributed by atoms with Crippen LogP contribution in [0.5, 0.6) is 0 Å². The van der Waals surface area contributed by atoms with Crippen molar-refractivity contribution in [2.45, 2.75) is 0 Å². The molecule has 0 aliphatic carbocycles. The Morgan fingerprint density at radius 2 is 0.400 bits per heavy atom. The zero-order chi connectivity index (χ0) is 66.0. The van der Waals surface area contributed by atoms with Gasteiger partial charge in [0.15, 0.2) is 0 Å². The summed E-state index contributed by atoms with van der Waals surface area (Å²) in [6.45, 7) is 0. The lowest BCUT2D eigenvalue weighted by atomic mass is 9.98. The Morgan fingerprint density at radius 3 is 0.720 bits per heavy atom. The molecule has 12 aromatic heterocycles. The fraction of sp³-hybridized carbons (Fsp3) is 0. The number of hydrogen-bond donors (Lipinski definition) is 0. The van der Waals surface area contributed by atoms with Crippen LogP contribution in [0.1, 0.15) is 0 Å². The Labute approximate surface area is 571 Å². The molecular weight excluding hydrogens is 1230 g/mol. The number of hydrogen-bond acceptors (Lipinski definition) is 12. The Morgan fingerprint density at radius 1 is 0.140 bits per heavy atom. The topological polar surface area (TPSA) is 155 Å². The summed E-state index contributed by atoms with van der Waals surface area (Å²) in [6, 6.07) is 97.8. The van der Waals surface area contributed by atoms with Crippen molar-refractivity contribution in [1.82, 2.24) is 59.8 Å². The minimum Gasteiger partial charge on any atom is -0.256 e. The van der Waals surface area contributed by atoms with Gasteiger partial charge in [-0.25, -0.2) is 34.9 Å². The standard InChI is InChI=1S/C46H28N6.C42H24N6/c1-3-21-47-38(7-1)35-26-36(39-8-2-4-22-48-39)28-37(27-35)42-18-14-33-24-31(12-16-40(33)50-42)32-13-17-41-34(25-32)15-20-43(51-41)44-19-11-30-10-9-29-6-5-23-49-45(29)46(30)52-44;1-3-25-5-7-27-9-17-37(47-41(27)39(25)43-21-1)35-19-13-31-23-29(11-15-33(31)45-35)30-12-16-34-32(24-30)14-20-36(46-34)38-18-10-28-8-6-26-4-2-22-44-40(26)42(28)48-38/h1-28H;1-24H. The van der Waals surface area contributed by atoms with E-state index >= 15 is 0 Å². The third-order valence-electron chi connectivity index (χ3n) is 18.7. The van der Waals surface area contributed by atoms with E-state index in [0.29, 0.717) is 0 Å². The summed E-state index contributed by atoms with van der Waals surface area (Å²) in [5, 5.41) is 10.7. The normalized spacial score (nSPS) is 11.6. The fourth-order valence-corrected chi connectivity index (χ4v) is 13.5. The summed E-state index contributed by atoms with van der Waals surface area (Å²) in [4.78, 5) is 58.1. The molecule has 0 saturated heterocycles. The minimum atomic E-state index is 0.828. The lowest BCUT2D eigenvalue weighted by molar-refractivity contribution is 1.31. The molecule has 0 amide bonds. The summed E-state index contributed by atoms with van der Waals surface area (Å²) in [5.41, 5.74) is 24.3. The highest BCUT2D eigenvalue weighted by molar-refractivity contribution is 6.06. The molecule has 100 heavy (non-hydrogen) atoms. The van der Waals surface area contributed by atoms with Gasteiger partial charge in [-0.1, -0.05) is 133 Å². The maximum absolute atomic E-state index is 5.11. The van der Waals surface area contributed by atoms with E-state index in [9.17, 15) is 0 Å². The monoisotopic (exact) mass is 1280 g/mol. The van der Waals surface area contributed by atoms with Crippen LogP contribution < -0.4 is 0 Å². The average Bonchev–Trinajstić information content (AvgIpc) is 0.794. The summed E-state index contributed by atoms with van der Waals surface area (Å²) >= 11 is 0. The van der Waals surface area contributed by atoms with Gasteiger partial charge >= 0.3 is 0 Å². The molecule has 0 spiro atoms. The summed E-state index contributed by atoms with van der Waals surface area (Å²) < 4.78 is 0. The van der Waals surface area contributed by atoms with E-state index in [1.165, 1.54) is 0 Å². The van der Waals surface area contributed by atoms with Crippen LogP contribution in [0.4, 0.5) is 0 Å². The highest BCUT2D eigenvalue weighted by Gasteiger charge is 2.16. The van der Waals surface area contributed by atoms with E-state index in [1.54, 1.807) is 0 Å². The first-order valence-electron chi connectivity index (χ1n) is 33.0. The molecule has 0 radical (unpaired) electrons. The number of fused-ring (bicyclic) bond motifs is 13. The molecule has 20 rings (SSSR count). The van der Waals surface area contributed by atoms with Crippen molar-refractivity contribution >= 4 is 109 Å². The van der Waals surface area contributed by atoms with Crippen LogP contribution in [0, 0.1) is 0 Å². The van der Waals surface area contributed by atoms with Crippen LogP contribution in [0.3, 0.4) is 0 Å². The molecule has 12 heterocycles. The van der Waals surface area contributed by atoms with Crippen molar-refractivity contribution in [3.63, 3.8) is 0 Å². The van der Waals surface area contributed by atoms with Crippen LogP contribution >= 0.6 is 0 Å². The predicted octanol–water partition coefficient (Wildman–Crippen LogP) is 21.0. The molecule has 0 fully saturated rings. The van der Waals surface area contributed by atoms with Gasteiger partial charge < -0.3 is 0 Å². The average molecular weight is 1280 g/mol. The molecule has 0 bridgehead atoms. The Bertz CT molecular complexity index is 6430. The van der Waals surface area contributed by atoms with E-state index in [1.807, 2.05) is 122 Å². The smallest absolute Gasteiger partial charge is 0.0972 e. The maximum atomic E-state index is 5.11. The van der Waals surface area contributed by atoms with Crippen molar-refractivity contribution in [2.24, 2.45) is 0 Å². The van der Waals surface area contributed by atoms with Crippen molar-refractivity contribution in [3.05, 3.63) is 316 Å². The first-order chi connectivity index (χ1) is 49.4. The molecule has 20 aromatic rings. The van der Waals surface area contributed by atoms with Gasteiger partial charge in [0.05, 0.1) is 106 Å². The van der Waals surface area contributed by atoms with Gasteiger partial charge in [0.25, 0.3) is 0 Å². The number of nitrogens with zero attached hydrogens (tertiary/aromatic N) is 12. The summed E-state index contributed by atoms with van der Waals surface area (Å²) in [7, 11) is 0. The molecule has 0 aliphatic rings. The van der Waals surface area contributed by atoms with Gasteiger partial charge in [0, 0.05) is 102 Å². The molecule has 0 unspecified atom stereocenters. The van der Waals surface area contributed by atoms with Crippen molar-refractivity contribution in [2.75, 3.05) is 0 Å². The van der Waals surface area contributed by atoms with E-state index in [4.69, 9.17) is 34.9 Å². The third kappa shape index (κ3) is 10.7. The molecule has 0 N–H and O–H groups in total. The Kier molecular flexibility index (Phi) is 13.9. The highest BCUT2D eigenvalue weighted by Crippen LogP contribution is 2.37. The SMILES string of the molecule is c1ccc(-c2cc(-c3ccccn3)cc(-c3ccc4cc(-c5ccc6nc(-c7ccc8ccc9cccnc9c8n7)ccc6c5)ccc4n3)c2)nc1.c1cnc2c(c1)ccc1ccc(-c3ccc4cc(-c5ccc6nc(-c7ccc8ccc9cccnc9c8n7)ccc6c5)ccc4n3)nc12. The third-order valence-corrected chi connectivity index (χ3v) is 18.7. The zero-order valence-corrected chi connectivity index (χ0v) is 53.4. The Hall–Kier alpha value is -13.8. The number of benzene rings is 8. The highest BCUT2D eigenvalue weighted by atomic mass is 14.8. The molecule has 12 nitrogen and oxygen atoms in total. The summed E-state index contributed by atoms with van der Waals surface area (Å²) in [5.74, 6) is 0. The molecule has 12 heteroatoms. The van der Waals surface area contributed by atoms with E-state index in [-0.39, 0.29) is 0 Å². The van der Waals surface area contributed by atoms with Crippen LogP contribution in [0.15, 0.2) is 316 Å². The van der Waals surface area contributed by atoms with Gasteiger partial charge in [-0.2, -0.15) is 0 Å². The molecule has 0 aliphatic heterocycles. The van der Waals surface area contributed by atoms with Gasteiger partial charge in [0.2, 0.25) is 0 Å². The van der Waals surface area contributed by atoms with Crippen molar-refractivity contribution < 1.29 is 0 Å². The van der Waals surface area contributed by atoms with Crippen molar-refractivity contribution in [1.29, 1.82) is 0 Å². The molecular formula is C88H52N12. The fourth-order valence-electron chi connectivity index (χ4n) is 13.5. The van der Waals surface area contributed by atoms with E-state index in [2.05, 4.69) is 219 Å². The van der Waals surface area contributed by atoms with E-state index < -0.39 is 0 Å². The number of pyridine rings is 12. The lowest BCUT2D eigenvalue weighted by Gasteiger charge is -2.11. The first-order valence-corrected chi connectivity index (χ1v) is 33.0. The molecule has 0 saturated carbocycles.